The second kappa shape index (κ2) is 5.27. The first-order chi connectivity index (χ1) is 10.0. The lowest BCUT2D eigenvalue weighted by Gasteiger charge is -2.03. The third-order valence-corrected chi connectivity index (χ3v) is 4.01. The Morgan fingerprint density at radius 3 is 2.86 bits per heavy atom. The fourth-order valence-corrected chi connectivity index (χ4v) is 2.96. The van der Waals surface area contributed by atoms with Crippen molar-refractivity contribution in [1.29, 1.82) is 0 Å². The monoisotopic (exact) mass is 323 g/mol. The minimum atomic E-state index is -0.517. The van der Waals surface area contributed by atoms with E-state index in [1.807, 2.05) is 0 Å². The van der Waals surface area contributed by atoms with Crippen LogP contribution in [0.5, 0.6) is 0 Å². The highest BCUT2D eigenvalue weighted by Gasteiger charge is 2.16. The molecule has 1 aromatic heterocycles. The molecule has 106 valence electrons. The first-order valence-corrected chi connectivity index (χ1v) is 7.00. The number of nitrogens with zero attached hydrogens (tertiary/aromatic N) is 2. The number of rotatable bonds is 3. The van der Waals surface area contributed by atoms with E-state index in [4.69, 9.17) is 11.6 Å². The molecule has 0 saturated heterocycles. The second-order valence-corrected chi connectivity index (χ2v) is 5.59. The number of fused-ring (bicyclic) bond motifs is 1. The van der Waals surface area contributed by atoms with Gasteiger partial charge in [0, 0.05) is 11.1 Å². The molecule has 0 aliphatic rings. The highest BCUT2D eigenvalue weighted by Crippen LogP contribution is 2.35. The van der Waals surface area contributed by atoms with E-state index in [0.29, 0.717) is 15.3 Å². The maximum absolute atomic E-state index is 13.7. The molecule has 8 heteroatoms. The lowest BCUT2D eigenvalue weighted by atomic mass is 10.3. The Morgan fingerprint density at radius 2 is 2.14 bits per heavy atom. The maximum atomic E-state index is 13.7. The Labute approximate surface area is 127 Å². The quantitative estimate of drug-likeness (QED) is 0.558. The van der Waals surface area contributed by atoms with E-state index in [1.54, 1.807) is 18.2 Å². The summed E-state index contributed by atoms with van der Waals surface area (Å²) in [6, 6.07) is 8.85. The second-order valence-electron chi connectivity index (χ2n) is 4.15. The molecule has 1 heterocycles. The minimum Gasteiger partial charge on any atom is -0.329 e. The predicted octanol–water partition coefficient (Wildman–Crippen LogP) is 4.74. The highest BCUT2D eigenvalue weighted by atomic mass is 35.5. The molecule has 2 aromatic carbocycles. The molecular weight excluding hydrogens is 317 g/mol. The molecule has 0 aliphatic carbocycles. The molecule has 0 spiro atoms. The van der Waals surface area contributed by atoms with Crippen molar-refractivity contribution in [3.05, 3.63) is 57.4 Å². The van der Waals surface area contributed by atoms with Crippen LogP contribution in [0.15, 0.2) is 36.4 Å². The van der Waals surface area contributed by atoms with Gasteiger partial charge in [0.1, 0.15) is 10.5 Å². The van der Waals surface area contributed by atoms with Crippen LogP contribution in [-0.2, 0) is 0 Å². The van der Waals surface area contributed by atoms with E-state index >= 15 is 0 Å². The number of benzene rings is 2. The Kier molecular flexibility index (Phi) is 3.44. The van der Waals surface area contributed by atoms with Crippen LogP contribution in [0.25, 0.3) is 10.2 Å². The van der Waals surface area contributed by atoms with Crippen molar-refractivity contribution in [3.63, 3.8) is 0 Å². The van der Waals surface area contributed by atoms with E-state index in [-0.39, 0.29) is 16.4 Å². The van der Waals surface area contributed by atoms with Gasteiger partial charge in [-0.25, -0.2) is 9.37 Å². The summed E-state index contributed by atoms with van der Waals surface area (Å²) in [5, 5.41) is 14.4. The van der Waals surface area contributed by atoms with Crippen molar-refractivity contribution in [3.8, 4) is 0 Å². The number of hydrogen-bond donors (Lipinski definition) is 1. The summed E-state index contributed by atoms with van der Waals surface area (Å²) in [5.74, 6) is -0.517. The van der Waals surface area contributed by atoms with E-state index < -0.39 is 10.7 Å². The predicted molar refractivity (Wildman–Crippen MR) is 81.0 cm³/mol. The van der Waals surface area contributed by atoms with Crippen molar-refractivity contribution in [2.45, 2.75) is 0 Å². The zero-order valence-corrected chi connectivity index (χ0v) is 11.9. The van der Waals surface area contributed by atoms with Gasteiger partial charge < -0.3 is 5.32 Å². The van der Waals surface area contributed by atoms with Crippen LogP contribution in [0, 0.1) is 15.9 Å². The van der Waals surface area contributed by atoms with E-state index in [2.05, 4.69) is 10.3 Å². The van der Waals surface area contributed by atoms with Crippen LogP contribution in [0.4, 0.5) is 20.9 Å². The fourth-order valence-electron chi connectivity index (χ4n) is 1.84. The normalized spacial score (nSPS) is 10.8. The molecule has 0 fully saturated rings. The Hall–Kier alpha value is -2.25. The lowest BCUT2D eigenvalue weighted by molar-refractivity contribution is -0.382. The average Bonchev–Trinajstić information content (AvgIpc) is 2.83. The number of non-ortho nitro benzene ring substituents is 1. The molecular formula is C13H7ClFN3O2S. The van der Waals surface area contributed by atoms with Gasteiger partial charge in [-0.1, -0.05) is 29.0 Å². The van der Waals surface area contributed by atoms with E-state index in [9.17, 15) is 14.5 Å². The fraction of sp³-hybridized carbons (Fsp3) is 0. The molecule has 0 amide bonds. The molecule has 0 aliphatic heterocycles. The molecule has 3 aromatic rings. The standard InChI is InChI=1S/C13H7ClFN3O2S/c14-7-4-5-9(8(15)6-7)16-13-17-10-2-1-3-11(18(19)20)12(10)21-13/h1-6H,(H,16,17). The van der Waals surface area contributed by atoms with Gasteiger partial charge >= 0.3 is 0 Å². The summed E-state index contributed by atoms with van der Waals surface area (Å²) in [4.78, 5) is 14.7. The zero-order chi connectivity index (χ0) is 15.0. The number of halogens is 2. The lowest BCUT2D eigenvalue weighted by Crippen LogP contribution is -1.92. The Bertz CT molecular complexity index is 853. The number of nitrogens with one attached hydrogen (secondary N) is 1. The van der Waals surface area contributed by atoms with Crippen molar-refractivity contribution >= 4 is 49.7 Å². The van der Waals surface area contributed by atoms with Gasteiger partial charge in [0.05, 0.1) is 16.1 Å². The van der Waals surface area contributed by atoms with Gasteiger partial charge in [0.2, 0.25) is 0 Å². The Balaban J connectivity index is 2.02. The Morgan fingerprint density at radius 1 is 1.33 bits per heavy atom. The molecule has 3 rings (SSSR count). The summed E-state index contributed by atoms with van der Waals surface area (Å²) in [5.41, 5.74) is 0.682. The number of anilines is 2. The van der Waals surface area contributed by atoms with Crippen LogP contribution in [-0.4, -0.2) is 9.91 Å². The summed E-state index contributed by atoms with van der Waals surface area (Å²) < 4.78 is 14.2. The molecule has 0 radical (unpaired) electrons. The average molecular weight is 324 g/mol. The first-order valence-electron chi connectivity index (χ1n) is 5.80. The van der Waals surface area contributed by atoms with Crippen LogP contribution in [0.3, 0.4) is 0 Å². The van der Waals surface area contributed by atoms with Crippen molar-refractivity contribution in [2.75, 3.05) is 5.32 Å². The van der Waals surface area contributed by atoms with E-state index in [0.717, 1.165) is 11.3 Å². The van der Waals surface area contributed by atoms with Crippen LogP contribution in [0.1, 0.15) is 0 Å². The van der Waals surface area contributed by atoms with Crippen LogP contribution in [0.2, 0.25) is 5.02 Å². The molecule has 0 unspecified atom stereocenters. The van der Waals surface area contributed by atoms with Crippen LogP contribution < -0.4 is 5.32 Å². The molecule has 5 nitrogen and oxygen atoms in total. The van der Waals surface area contributed by atoms with Crippen LogP contribution >= 0.6 is 22.9 Å². The summed E-state index contributed by atoms with van der Waals surface area (Å²) in [7, 11) is 0. The minimum absolute atomic E-state index is 0.0189. The topological polar surface area (TPSA) is 68.1 Å². The molecule has 1 N–H and O–H groups in total. The van der Waals surface area contributed by atoms with E-state index in [1.165, 1.54) is 18.2 Å². The third-order valence-electron chi connectivity index (χ3n) is 2.76. The molecule has 0 atom stereocenters. The maximum Gasteiger partial charge on any atom is 0.288 e. The third kappa shape index (κ3) is 2.65. The largest absolute Gasteiger partial charge is 0.329 e. The van der Waals surface area contributed by atoms with Gasteiger partial charge in [-0.15, -0.1) is 0 Å². The molecule has 21 heavy (non-hydrogen) atoms. The smallest absolute Gasteiger partial charge is 0.288 e. The van der Waals surface area contributed by atoms with Gasteiger partial charge in [-0.05, 0) is 24.3 Å². The van der Waals surface area contributed by atoms with Gasteiger partial charge in [-0.3, -0.25) is 10.1 Å². The van der Waals surface area contributed by atoms with Crippen molar-refractivity contribution in [1.82, 2.24) is 4.98 Å². The highest BCUT2D eigenvalue weighted by molar-refractivity contribution is 7.22. The van der Waals surface area contributed by atoms with Crippen molar-refractivity contribution in [2.24, 2.45) is 0 Å². The van der Waals surface area contributed by atoms with Gasteiger partial charge in [0.15, 0.2) is 5.13 Å². The number of thiazole rings is 1. The van der Waals surface area contributed by atoms with Gasteiger partial charge in [-0.2, -0.15) is 0 Å². The summed E-state index contributed by atoms with van der Waals surface area (Å²) in [6.45, 7) is 0. The summed E-state index contributed by atoms with van der Waals surface area (Å²) >= 11 is 6.78. The number of nitro benzene ring substituents is 1. The number of nitro groups is 1. The molecule has 0 bridgehead atoms. The molecule has 0 saturated carbocycles. The number of hydrogen-bond acceptors (Lipinski definition) is 5. The number of aromatic nitrogens is 1. The first kappa shape index (κ1) is 13.7. The van der Waals surface area contributed by atoms with Crippen molar-refractivity contribution < 1.29 is 9.31 Å². The SMILES string of the molecule is O=[N+]([O-])c1cccc2nc(Nc3ccc(Cl)cc3F)sc12. The summed E-state index contributed by atoms with van der Waals surface area (Å²) in [6.07, 6.45) is 0. The van der Waals surface area contributed by atoms with Gasteiger partial charge in [0.25, 0.3) is 5.69 Å². The zero-order valence-electron chi connectivity index (χ0n) is 10.3.